The lowest BCUT2D eigenvalue weighted by Crippen LogP contribution is -2.44. The minimum absolute atomic E-state index is 0.218. The van der Waals surface area contributed by atoms with E-state index in [2.05, 4.69) is 23.3 Å². The molecule has 1 N–H and O–H groups in total. The molecule has 2 aromatic rings. The number of benzene rings is 1. The lowest BCUT2D eigenvalue weighted by atomic mass is 9.89. The van der Waals surface area contributed by atoms with Gasteiger partial charge in [-0.15, -0.1) is 0 Å². The van der Waals surface area contributed by atoms with Crippen molar-refractivity contribution in [2.45, 2.75) is 83.1 Å². The molecule has 0 spiro atoms. The molecule has 1 unspecified atom stereocenters. The molecule has 1 saturated carbocycles. The van der Waals surface area contributed by atoms with Gasteiger partial charge >= 0.3 is 5.69 Å². The molecule has 1 aliphatic carbocycles. The number of carbonyl (C=O) groups is 2. The first-order chi connectivity index (χ1) is 18.0. The zero-order valence-corrected chi connectivity index (χ0v) is 22.7. The number of aromatic nitrogens is 2. The van der Waals surface area contributed by atoms with E-state index in [1.54, 1.807) is 16.2 Å². The fourth-order valence-electron chi connectivity index (χ4n) is 6.06. The molecule has 1 aromatic carbocycles. The number of nitrogens with one attached hydrogen (secondary N) is 1. The Morgan fingerprint density at radius 1 is 1.00 bits per heavy atom. The number of unbranched alkanes of at least 4 members (excludes halogenated alkanes) is 2. The Morgan fingerprint density at radius 3 is 2.51 bits per heavy atom. The quantitative estimate of drug-likeness (QED) is 0.325. The Hall–Kier alpha value is -2.45. The maximum absolute atomic E-state index is 13.0. The number of imidazole rings is 1. The fourth-order valence-corrected chi connectivity index (χ4v) is 6.06. The molecular weight excluding hydrogens is 468 g/mol. The van der Waals surface area contributed by atoms with E-state index in [1.807, 2.05) is 12.1 Å². The zero-order valence-electron chi connectivity index (χ0n) is 22.7. The summed E-state index contributed by atoms with van der Waals surface area (Å²) in [6.07, 6.45) is 12.7. The zero-order chi connectivity index (χ0) is 26.2. The number of imide groups is 1. The molecule has 1 saturated heterocycles. The van der Waals surface area contributed by atoms with Crippen LogP contribution in [-0.4, -0.2) is 59.2 Å². The van der Waals surface area contributed by atoms with Crippen LogP contribution in [0, 0.1) is 5.92 Å². The van der Waals surface area contributed by atoms with Crippen molar-refractivity contribution in [3.8, 4) is 0 Å². The van der Waals surface area contributed by atoms with Gasteiger partial charge in [0, 0.05) is 33.2 Å². The molecular formula is C29H44N4O4. The van der Waals surface area contributed by atoms with Crippen molar-refractivity contribution >= 4 is 22.8 Å². The number of nitrogens with zero attached hydrogens (tertiary/aromatic N) is 3. The van der Waals surface area contributed by atoms with Crippen molar-refractivity contribution in [1.82, 2.24) is 19.4 Å². The highest BCUT2D eigenvalue weighted by molar-refractivity contribution is 6.00. The smallest absolute Gasteiger partial charge is 0.329 e. The third kappa shape index (κ3) is 7.11. The highest BCUT2D eigenvalue weighted by atomic mass is 16.5. The Labute approximate surface area is 220 Å². The van der Waals surface area contributed by atoms with Crippen molar-refractivity contribution in [2.75, 3.05) is 33.4 Å². The van der Waals surface area contributed by atoms with Crippen molar-refractivity contribution in [1.29, 1.82) is 0 Å². The number of aryl methyl sites for hydroxylation is 2. The van der Waals surface area contributed by atoms with Crippen LogP contribution in [0.1, 0.15) is 82.2 Å². The lowest BCUT2D eigenvalue weighted by Gasteiger charge is -2.26. The van der Waals surface area contributed by atoms with Gasteiger partial charge in [0.05, 0.1) is 11.0 Å². The minimum Gasteiger partial charge on any atom is -0.381 e. The maximum Gasteiger partial charge on any atom is 0.329 e. The number of para-hydroxylation sites is 1. The van der Waals surface area contributed by atoms with E-state index < -0.39 is 11.9 Å². The number of hydrogen-bond acceptors (Lipinski definition) is 5. The summed E-state index contributed by atoms with van der Waals surface area (Å²) in [6.45, 7) is 3.97. The van der Waals surface area contributed by atoms with Crippen LogP contribution in [0.4, 0.5) is 0 Å². The predicted octanol–water partition coefficient (Wildman–Crippen LogP) is 3.95. The summed E-state index contributed by atoms with van der Waals surface area (Å²) >= 11 is 0. The normalized spacial score (nSPS) is 19.2. The second-order valence-electron chi connectivity index (χ2n) is 11.0. The van der Waals surface area contributed by atoms with Gasteiger partial charge in [-0.1, -0.05) is 31.4 Å². The average molecular weight is 513 g/mol. The summed E-state index contributed by atoms with van der Waals surface area (Å²) in [5.41, 5.74) is 2.51. The number of hydrogen-bond donors (Lipinski definition) is 1. The largest absolute Gasteiger partial charge is 0.381 e. The van der Waals surface area contributed by atoms with Crippen LogP contribution in [0.3, 0.4) is 0 Å². The maximum atomic E-state index is 13.0. The second-order valence-corrected chi connectivity index (χ2v) is 11.0. The van der Waals surface area contributed by atoms with Crippen molar-refractivity contribution in [2.24, 2.45) is 13.0 Å². The van der Waals surface area contributed by atoms with Gasteiger partial charge in [0.2, 0.25) is 11.8 Å². The highest BCUT2D eigenvalue weighted by Gasteiger charge is 2.31. The van der Waals surface area contributed by atoms with Crippen LogP contribution in [0.25, 0.3) is 11.0 Å². The van der Waals surface area contributed by atoms with Crippen LogP contribution in [0.15, 0.2) is 23.0 Å². The molecule has 204 valence electrons. The number of rotatable bonds is 13. The average Bonchev–Trinajstić information content (AvgIpc) is 3.14. The van der Waals surface area contributed by atoms with Crippen LogP contribution < -0.4 is 11.0 Å². The number of amides is 2. The van der Waals surface area contributed by atoms with E-state index in [1.165, 1.54) is 45.1 Å². The van der Waals surface area contributed by atoms with Gasteiger partial charge in [-0.05, 0) is 82.5 Å². The first kappa shape index (κ1) is 27.6. The molecule has 8 heteroatoms. The van der Waals surface area contributed by atoms with Gasteiger partial charge < -0.3 is 9.64 Å². The lowest BCUT2D eigenvalue weighted by molar-refractivity contribution is -0.135. The topological polar surface area (TPSA) is 85.6 Å². The summed E-state index contributed by atoms with van der Waals surface area (Å²) < 4.78 is 9.07. The molecule has 2 heterocycles. The van der Waals surface area contributed by atoms with Gasteiger partial charge in [-0.2, -0.15) is 0 Å². The predicted molar refractivity (Wildman–Crippen MR) is 146 cm³/mol. The molecule has 8 nitrogen and oxygen atoms in total. The van der Waals surface area contributed by atoms with Gasteiger partial charge in [-0.25, -0.2) is 4.79 Å². The molecule has 1 aliphatic heterocycles. The molecule has 0 radical (unpaired) electrons. The minimum atomic E-state index is -0.649. The van der Waals surface area contributed by atoms with Crippen LogP contribution in [0.2, 0.25) is 0 Å². The monoisotopic (exact) mass is 512 g/mol. The van der Waals surface area contributed by atoms with Crippen molar-refractivity contribution in [3.63, 3.8) is 0 Å². The standard InChI is InChI=1S/C29H44N4O4/c1-31(21-22-11-4-3-5-12-22)18-7-9-20-37-19-8-6-13-23-14-10-15-24-27(23)32(2)29(36)33(24)25-16-17-26(34)30-28(25)35/h10,14-15,22,25H,3-9,11-13,16-21H2,1-2H3,(H,30,34,35). The first-order valence-electron chi connectivity index (χ1n) is 14.2. The van der Waals surface area contributed by atoms with Gasteiger partial charge in [-0.3, -0.25) is 24.0 Å². The SMILES string of the molecule is CN(CCCCOCCCCc1cccc2c1n(C)c(=O)n2C1CCC(=O)NC1=O)CC1CCCCC1. The molecule has 2 fully saturated rings. The van der Waals surface area contributed by atoms with E-state index in [9.17, 15) is 14.4 Å². The molecule has 1 atom stereocenters. The van der Waals surface area contributed by atoms with Gasteiger partial charge in [0.1, 0.15) is 6.04 Å². The van der Waals surface area contributed by atoms with E-state index in [0.717, 1.165) is 68.0 Å². The third-order valence-corrected chi connectivity index (χ3v) is 8.07. The van der Waals surface area contributed by atoms with Gasteiger partial charge in [0.15, 0.2) is 0 Å². The Morgan fingerprint density at radius 2 is 1.76 bits per heavy atom. The summed E-state index contributed by atoms with van der Waals surface area (Å²) in [7, 11) is 4.01. The highest BCUT2D eigenvalue weighted by Crippen LogP contribution is 2.26. The summed E-state index contributed by atoms with van der Waals surface area (Å²) in [5, 5.41) is 2.37. The molecule has 2 amide bonds. The second kappa shape index (κ2) is 13.4. The number of piperidine rings is 1. The molecule has 4 rings (SSSR count). The van der Waals surface area contributed by atoms with Gasteiger partial charge in [0.25, 0.3) is 0 Å². The molecule has 37 heavy (non-hydrogen) atoms. The first-order valence-corrected chi connectivity index (χ1v) is 14.2. The Balaban J connectivity index is 1.18. The molecule has 1 aromatic heterocycles. The molecule has 0 bridgehead atoms. The van der Waals surface area contributed by atoms with E-state index in [4.69, 9.17) is 4.74 Å². The van der Waals surface area contributed by atoms with E-state index >= 15 is 0 Å². The van der Waals surface area contributed by atoms with Crippen molar-refractivity contribution in [3.05, 3.63) is 34.2 Å². The van der Waals surface area contributed by atoms with Crippen LogP contribution in [-0.2, 0) is 27.8 Å². The van der Waals surface area contributed by atoms with Crippen LogP contribution >= 0.6 is 0 Å². The van der Waals surface area contributed by atoms with Crippen LogP contribution in [0.5, 0.6) is 0 Å². The number of carbonyl (C=O) groups excluding carboxylic acids is 2. The third-order valence-electron chi connectivity index (χ3n) is 8.07. The fraction of sp³-hybridized carbons (Fsp3) is 0.690. The van der Waals surface area contributed by atoms with Crippen molar-refractivity contribution < 1.29 is 14.3 Å². The number of fused-ring (bicyclic) bond motifs is 1. The van der Waals surface area contributed by atoms with E-state index in [0.29, 0.717) is 6.42 Å². The summed E-state index contributed by atoms with van der Waals surface area (Å²) in [5.74, 6) is 0.225. The number of ether oxygens (including phenoxy) is 1. The summed E-state index contributed by atoms with van der Waals surface area (Å²) in [6, 6.07) is 5.24. The van der Waals surface area contributed by atoms with E-state index in [-0.39, 0.29) is 18.0 Å². The Bertz CT molecular complexity index is 1120. The Kier molecular flexibility index (Phi) is 9.97. The summed E-state index contributed by atoms with van der Waals surface area (Å²) in [4.78, 5) is 39.5. The molecule has 2 aliphatic rings.